The van der Waals surface area contributed by atoms with Gasteiger partial charge in [-0.1, -0.05) is 0 Å². The Morgan fingerprint density at radius 3 is 2.52 bits per heavy atom. The molecule has 1 amide bonds. The molecule has 0 spiro atoms. The Labute approximate surface area is 168 Å². The van der Waals surface area contributed by atoms with Crippen molar-refractivity contribution in [2.75, 3.05) is 19.8 Å². The van der Waals surface area contributed by atoms with E-state index >= 15 is 0 Å². The standard InChI is InChI=1S/C21H23N3O5/c1-3-26-16-6-8-17(9-7-16)29-15(2)21(25)22-12-14-28-20-11-10-18(23-24-20)19-5-4-13-27-19/h4-11,13,15H,3,12,14H2,1-2H3,(H,22,25). The minimum absolute atomic E-state index is 0.235. The number of ether oxygens (including phenoxy) is 3. The van der Waals surface area contributed by atoms with Gasteiger partial charge < -0.3 is 23.9 Å². The molecular formula is C21H23N3O5. The first kappa shape index (κ1) is 20.2. The highest BCUT2D eigenvalue weighted by Gasteiger charge is 2.14. The molecule has 3 aromatic rings. The van der Waals surface area contributed by atoms with E-state index in [1.165, 1.54) is 0 Å². The van der Waals surface area contributed by atoms with E-state index in [2.05, 4.69) is 15.5 Å². The SMILES string of the molecule is CCOc1ccc(OC(C)C(=O)NCCOc2ccc(-c3ccco3)nn2)cc1. The zero-order chi connectivity index (χ0) is 20.5. The average Bonchev–Trinajstić information content (AvgIpc) is 3.28. The van der Waals surface area contributed by atoms with Gasteiger partial charge in [0.1, 0.15) is 23.8 Å². The van der Waals surface area contributed by atoms with Crippen LogP contribution in [0.4, 0.5) is 0 Å². The van der Waals surface area contributed by atoms with Crippen LogP contribution in [0.3, 0.4) is 0 Å². The second kappa shape index (κ2) is 10.1. The first-order valence-corrected chi connectivity index (χ1v) is 9.33. The van der Waals surface area contributed by atoms with Gasteiger partial charge in [-0.25, -0.2) is 0 Å². The van der Waals surface area contributed by atoms with Crippen molar-refractivity contribution in [1.29, 1.82) is 0 Å². The topological polar surface area (TPSA) is 95.7 Å². The summed E-state index contributed by atoms with van der Waals surface area (Å²) in [4.78, 5) is 12.1. The van der Waals surface area contributed by atoms with E-state index < -0.39 is 6.10 Å². The highest BCUT2D eigenvalue weighted by Crippen LogP contribution is 2.19. The van der Waals surface area contributed by atoms with Gasteiger partial charge >= 0.3 is 0 Å². The molecule has 1 aromatic carbocycles. The highest BCUT2D eigenvalue weighted by molar-refractivity contribution is 5.80. The molecule has 1 N–H and O–H groups in total. The van der Waals surface area contributed by atoms with Gasteiger partial charge in [0.05, 0.1) is 19.4 Å². The molecule has 152 valence electrons. The van der Waals surface area contributed by atoms with Crippen LogP contribution in [-0.4, -0.2) is 42.0 Å². The zero-order valence-electron chi connectivity index (χ0n) is 16.3. The first-order valence-electron chi connectivity index (χ1n) is 9.33. The van der Waals surface area contributed by atoms with Crippen LogP contribution < -0.4 is 19.5 Å². The molecule has 0 aliphatic carbocycles. The third-order valence-electron chi connectivity index (χ3n) is 3.88. The molecule has 0 aliphatic rings. The number of rotatable bonds is 10. The number of nitrogens with one attached hydrogen (secondary N) is 1. The quantitative estimate of drug-likeness (QED) is 0.525. The van der Waals surface area contributed by atoms with Crippen LogP contribution in [-0.2, 0) is 4.79 Å². The molecule has 0 bridgehead atoms. The lowest BCUT2D eigenvalue weighted by Crippen LogP contribution is -2.38. The van der Waals surface area contributed by atoms with Crippen LogP contribution in [0.1, 0.15) is 13.8 Å². The molecule has 0 fully saturated rings. The summed E-state index contributed by atoms with van der Waals surface area (Å²) in [5.41, 5.74) is 0.621. The fourth-order valence-corrected chi connectivity index (χ4v) is 2.47. The third kappa shape index (κ3) is 5.97. The van der Waals surface area contributed by atoms with E-state index in [-0.39, 0.29) is 12.5 Å². The molecular weight excluding hydrogens is 374 g/mol. The Hall–Kier alpha value is -3.55. The maximum absolute atomic E-state index is 12.1. The molecule has 0 saturated heterocycles. The largest absolute Gasteiger partial charge is 0.494 e. The fraction of sp³-hybridized carbons (Fsp3) is 0.286. The monoisotopic (exact) mass is 397 g/mol. The summed E-state index contributed by atoms with van der Waals surface area (Å²) in [6.45, 7) is 4.78. The minimum Gasteiger partial charge on any atom is -0.494 e. The van der Waals surface area contributed by atoms with Crippen molar-refractivity contribution >= 4 is 5.91 Å². The highest BCUT2D eigenvalue weighted by atomic mass is 16.5. The summed E-state index contributed by atoms with van der Waals surface area (Å²) in [7, 11) is 0. The number of benzene rings is 1. The van der Waals surface area contributed by atoms with E-state index in [4.69, 9.17) is 18.6 Å². The van der Waals surface area contributed by atoms with E-state index in [0.717, 1.165) is 5.75 Å². The lowest BCUT2D eigenvalue weighted by Gasteiger charge is -2.15. The van der Waals surface area contributed by atoms with Crippen molar-refractivity contribution in [3.8, 4) is 28.8 Å². The summed E-state index contributed by atoms with van der Waals surface area (Å²) >= 11 is 0. The van der Waals surface area contributed by atoms with Crippen LogP contribution in [0.2, 0.25) is 0 Å². The molecule has 0 aliphatic heterocycles. The van der Waals surface area contributed by atoms with Crippen LogP contribution in [0, 0.1) is 0 Å². The van der Waals surface area contributed by atoms with E-state index in [1.807, 2.05) is 6.92 Å². The maximum atomic E-state index is 12.1. The molecule has 0 saturated carbocycles. The first-order chi connectivity index (χ1) is 14.2. The number of aromatic nitrogens is 2. The summed E-state index contributed by atoms with van der Waals surface area (Å²) in [6, 6.07) is 14.2. The van der Waals surface area contributed by atoms with Crippen LogP contribution >= 0.6 is 0 Å². The lowest BCUT2D eigenvalue weighted by molar-refractivity contribution is -0.127. The number of hydrogen-bond donors (Lipinski definition) is 1. The Morgan fingerprint density at radius 1 is 1.07 bits per heavy atom. The van der Waals surface area contributed by atoms with Gasteiger partial charge in [0.2, 0.25) is 5.88 Å². The van der Waals surface area contributed by atoms with Crippen molar-refractivity contribution in [1.82, 2.24) is 15.5 Å². The summed E-state index contributed by atoms with van der Waals surface area (Å²) < 4.78 is 21.8. The second-order valence-electron chi connectivity index (χ2n) is 6.04. The van der Waals surface area contributed by atoms with Gasteiger partial charge in [-0.15, -0.1) is 10.2 Å². The number of furan rings is 1. The predicted octanol–water partition coefficient (Wildman–Crippen LogP) is 3.10. The van der Waals surface area contributed by atoms with Gasteiger partial charge in [0.15, 0.2) is 11.9 Å². The third-order valence-corrected chi connectivity index (χ3v) is 3.88. The number of hydrogen-bond acceptors (Lipinski definition) is 7. The molecule has 3 rings (SSSR count). The van der Waals surface area contributed by atoms with Gasteiger partial charge in [0, 0.05) is 6.07 Å². The fourth-order valence-electron chi connectivity index (χ4n) is 2.47. The van der Waals surface area contributed by atoms with E-state index in [1.54, 1.807) is 61.7 Å². The van der Waals surface area contributed by atoms with Crippen LogP contribution in [0.5, 0.6) is 17.4 Å². The molecule has 0 radical (unpaired) electrons. The van der Waals surface area contributed by atoms with Gasteiger partial charge in [-0.2, -0.15) is 0 Å². The molecule has 2 heterocycles. The van der Waals surface area contributed by atoms with Crippen LogP contribution in [0.15, 0.2) is 59.2 Å². The van der Waals surface area contributed by atoms with Crippen molar-refractivity contribution < 1.29 is 23.4 Å². The molecule has 1 atom stereocenters. The zero-order valence-corrected chi connectivity index (χ0v) is 16.3. The Bertz CT molecular complexity index is 880. The Morgan fingerprint density at radius 2 is 1.86 bits per heavy atom. The number of carbonyl (C=O) groups is 1. The van der Waals surface area contributed by atoms with Crippen LogP contribution in [0.25, 0.3) is 11.5 Å². The second-order valence-corrected chi connectivity index (χ2v) is 6.04. The van der Waals surface area contributed by atoms with E-state index in [0.29, 0.717) is 36.2 Å². The average molecular weight is 397 g/mol. The molecule has 2 aromatic heterocycles. The number of amides is 1. The number of nitrogens with zero attached hydrogens (tertiary/aromatic N) is 2. The predicted molar refractivity (Wildman–Crippen MR) is 106 cm³/mol. The summed E-state index contributed by atoms with van der Waals surface area (Å²) in [5.74, 6) is 2.13. The van der Waals surface area contributed by atoms with Gasteiger partial charge in [0.25, 0.3) is 5.91 Å². The molecule has 8 nitrogen and oxygen atoms in total. The van der Waals surface area contributed by atoms with Crippen molar-refractivity contribution in [3.05, 3.63) is 54.8 Å². The van der Waals surface area contributed by atoms with E-state index in [9.17, 15) is 4.79 Å². The smallest absolute Gasteiger partial charge is 0.260 e. The van der Waals surface area contributed by atoms with Crippen molar-refractivity contribution in [2.45, 2.75) is 20.0 Å². The normalized spacial score (nSPS) is 11.5. The molecule has 8 heteroatoms. The van der Waals surface area contributed by atoms with Crippen molar-refractivity contribution in [3.63, 3.8) is 0 Å². The molecule has 29 heavy (non-hydrogen) atoms. The summed E-state index contributed by atoms with van der Waals surface area (Å²) in [6.07, 6.45) is 0.936. The van der Waals surface area contributed by atoms with Crippen molar-refractivity contribution in [2.24, 2.45) is 0 Å². The minimum atomic E-state index is -0.639. The number of carbonyl (C=O) groups excluding carboxylic acids is 1. The van der Waals surface area contributed by atoms with Gasteiger partial charge in [-0.05, 0) is 56.3 Å². The van der Waals surface area contributed by atoms with Gasteiger partial charge in [-0.3, -0.25) is 4.79 Å². The maximum Gasteiger partial charge on any atom is 0.260 e. The Balaban J connectivity index is 1.37. The molecule has 1 unspecified atom stereocenters. The summed E-state index contributed by atoms with van der Waals surface area (Å²) in [5, 5.41) is 10.8. The lowest BCUT2D eigenvalue weighted by atomic mass is 10.3. The Kier molecular flexibility index (Phi) is 7.05.